The van der Waals surface area contributed by atoms with Gasteiger partial charge in [0, 0.05) is 4.11 Å². The van der Waals surface area contributed by atoms with Gasteiger partial charge in [-0.3, -0.25) is 0 Å². The van der Waals surface area contributed by atoms with Crippen LogP contribution in [0.1, 0.15) is 22.1 Å². The summed E-state index contributed by atoms with van der Waals surface area (Å²) in [7, 11) is 0. The van der Waals surface area contributed by atoms with Crippen LogP contribution in [0.5, 0.6) is 0 Å². The number of rotatable bonds is 1. The van der Waals surface area contributed by atoms with Crippen molar-refractivity contribution in [2.75, 3.05) is 0 Å². The maximum Gasteiger partial charge on any atom is 0.0234 e. The quantitative estimate of drug-likeness (QED) is 0.538. The van der Waals surface area contributed by atoms with Crippen LogP contribution in [0.4, 0.5) is 0 Å². The summed E-state index contributed by atoms with van der Waals surface area (Å²) in [6.45, 7) is 0.0766. The summed E-state index contributed by atoms with van der Waals surface area (Å²) in [6, 6.07) is 7.58. The van der Waals surface area contributed by atoms with Crippen molar-refractivity contribution >= 4 is 0 Å². The number of benzene rings is 1. The lowest BCUT2D eigenvalue weighted by molar-refractivity contribution is 1.11. The van der Waals surface area contributed by atoms with Crippen molar-refractivity contribution < 1.29 is 4.11 Å². The maximum absolute atomic E-state index is 7.10. The molecule has 0 atom stereocenters. The Kier molecular flexibility index (Phi) is 1.01. The fourth-order valence-electron chi connectivity index (χ4n) is 0.808. The van der Waals surface area contributed by atoms with Gasteiger partial charge >= 0.3 is 0 Å². The Morgan fingerprint density at radius 3 is 2.89 bits per heavy atom. The summed E-state index contributed by atoms with van der Waals surface area (Å²) in [5, 5.41) is 0. The lowest BCUT2D eigenvalue weighted by Crippen LogP contribution is -1.82. The van der Waals surface area contributed by atoms with Gasteiger partial charge in [-0.1, -0.05) is 31.1 Å². The van der Waals surface area contributed by atoms with Gasteiger partial charge in [0.15, 0.2) is 0 Å². The van der Waals surface area contributed by atoms with E-state index in [0.29, 0.717) is 0 Å². The second-order valence-electron chi connectivity index (χ2n) is 2.10. The van der Waals surface area contributed by atoms with Crippen molar-refractivity contribution in [3.63, 3.8) is 0 Å². The second-order valence-corrected chi connectivity index (χ2v) is 2.10. The van der Waals surface area contributed by atoms with Crippen LogP contribution in [-0.2, 0) is 6.42 Å². The normalized spacial score (nSPS) is 15.9. The van der Waals surface area contributed by atoms with Gasteiger partial charge in [0.25, 0.3) is 0 Å². The first kappa shape index (κ1) is 3.40. The maximum atomic E-state index is 7.10. The molecule has 1 aromatic rings. The van der Waals surface area contributed by atoms with Gasteiger partial charge in [0.1, 0.15) is 0 Å². The van der Waals surface area contributed by atoms with Crippen molar-refractivity contribution in [2.45, 2.75) is 20.2 Å². The minimum atomic E-state index is -1.86. The zero-order chi connectivity index (χ0) is 9.19. The highest BCUT2D eigenvalue weighted by Gasteiger charge is 1.89. The van der Waals surface area contributed by atoms with Crippen molar-refractivity contribution in [2.24, 2.45) is 0 Å². The van der Waals surface area contributed by atoms with Gasteiger partial charge in [-0.15, -0.1) is 0 Å². The molecule has 9 heavy (non-hydrogen) atoms. The van der Waals surface area contributed by atoms with Crippen LogP contribution in [0, 0.1) is 6.92 Å². The predicted octanol–water partition coefficient (Wildman–Crippen LogP) is 2.56. The summed E-state index contributed by atoms with van der Waals surface area (Å²) < 4.78 is 21.3. The topological polar surface area (TPSA) is 0 Å². The molecular formula is C9H12. The largest absolute Gasteiger partial charge is 0.0620 e. The van der Waals surface area contributed by atoms with Crippen LogP contribution in [0.2, 0.25) is 0 Å². The Morgan fingerprint density at radius 2 is 2.22 bits per heavy atom. The van der Waals surface area contributed by atoms with E-state index in [1.54, 1.807) is 0 Å². The van der Waals surface area contributed by atoms with Crippen molar-refractivity contribution in [1.82, 2.24) is 0 Å². The van der Waals surface area contributed by atoms with E-state index in [0.717, 1.165) is 11.1 Å². The highest BCUT2D eigenvalue weighted by molar-refractivity contribution is 5.24. The first-order valence-electron chi connectivity index (χ1n) is 4.53. The molecule has 0 saturated heterocycles. The third-order valence-corrected chi connectivity index (χ3v) is 1.45. The van der Waals surface area contributed by atoms with Crippen LogP contribution in [-0.4, -0.2) is 0 Å². The fraction of sp³-hybridized carbons (Fsp3) is 0.333. The predicted molar refractivity (Wildman–Crippen MR) is 40.6 cm³/mol. The zero-order valence-corrected chi connectivity index (χ0v) is 5.52. The third kappa shape index (κ3) is 1.32. The van der Waals surface area contributed by atoms with E-state index >= 15 is 0 Å². The summed E-state index contributed by atoms with van der Waals surface area (Å²) >= 11 is 0. The van der Waals surface area contributed by atoms with Crippen LogP contribution >= 0.6 is 0 Å². The van der Waals surface area contributed by atoms with E-state index in [4.69, 9.17) is 4.11 Å². The molecule has 0 amide bonds. The molecule has 0 unspecified atom stereocenters. The molecular weight excluding hydrogens is 108 g/mol. The molecule has 0 radical (unpaired) electrons. The van der Waals surface area contributed by atoms with Crippen LogP contribution in [0.15, 0.2) is 24.3 Å². The Bertz CT molecular complexity index is 263. The molecule has 48 valence electrons. The van der Waals surface area contributed by atoms with E-state index in [2.05, 4.69) is 0 Å². The average Bonchev–Trinajstić information content (AvgIpc) is 1.91. The molecule has 0 saturated carbocycles. The van der Waals surface area contributed by atoms with Crippen LogP contribution in [0.3, 0.4) is 0 Å². The van der Waals surface area contributed by atoms with E-state index in [-0.39, 0.29) is 6.42 Å². The smallest absolute Gasteiger partial charge is 0.0234 e. The van der Waals surface area contributed by atoms with Gasteiger partial charge in [0.05, 0.1) is 0 Å². The molecule has 0 heterocycles. The summed E-state index contributed by atoms with van der Waals surface area (Å²) in [4.78, 5) is 0. The fourth-order valence-corrected chi connectivity index (χ4v) is 0.808. The van der Waals surface area contributed by atoms with Crippen molar-refractivity contribution in [1.29, 1.82) is 0 Å². The molecule has 0 N–H and O–H groups in total. The van der Waals surface area contributed by atoms with E-state index in [1.165, 1.54) is 0 Å². The number of hydrogen-bond donors (Lipinski definition) is 0. The SMILES string of the molecule is [2H]C([2H])([2H])Cc1ccccc1C. The summed E-state index contributed by atoms with van der Waals surface area (Å²) in [6.07, 6.45) is 0.166. The molecule has 1 aromatic carbocycles. The Balaban J connectivity index is 2.83. The Morgan fingerprint density at radius 1 is 1.44 bits per heavy atom. The molecule has 1 rings (SSSR count). The van der Waals surface area contributed by atoms with Gasteiger partial charge in [-0.25, -0.2) is 0 Å². The van der Waals surface area contributed by atoms with Gasteiger partial charge < -0.3 is 0 Å². The third-order valence-electron chi connectivity index (χ3n) is 1.45. The molecule has 0 aliphatic carbocycles. The minimum Gasteiger partial charge on any atom is -0.0620 e. The second kappa shape index (κ2) is 2.67. The first-order chi connectivity index (χ1) is 5.49. The monoisotopic (exact) mass is 123 g/mol. The highest BCUT2D eigenvalue weighted by atomic mass is 13.9. The summed E-state index contributed by atoms with van der Waals surface area (Å²) in [5.74, 6) is 0. The van der Waals surface area contributed by atoms with E-state index < -0.39 is 6.85 Å². The standard InChI is InChI=1S/C9H12/c1-3-9-7-5-4-6-8(9)2/h4-7H,3H2,1-2H3/i1D3. The molecule has 0 aliphatic rings. The Labute approximate surface area is 60.7 Å². The number of hydrogen-bond acceptors (Lipinski definition) is 0. The van der Waals surface area contributed by atoms with Gasteiger partial charge in [-0.05, 0) is 24.5 Å². The molecule has 0 spiro atoms. The van der Waals surface area contributed by atoms with Crippen LogP contribution < -0.4 is 0 Å². The van der Waals surface area contributed by atoms with Crippen molar-refractivity contribution in [3.8, 4) is 0 Å². The molecule has 0 nitrogen and oxygen atoms in total. The molecule has 0 aromatic heterocycles. The van der Waals surface area contributed by atoms with Gasteiger partial charge in [0.2, 0.25) is 0 Å². The molecule has 0 bridgehead atoms. The molecule has 0 aliphatic heterocycles. The van der Waals surface area contributed by atoms with E-state index in [9.17, 15) is 0 Å². The Hall–Kier alpha value is -0.780. The molecule has 0 fully saturated rings. The van der Waals surface area contributed by atoms with Crippen molar-refractivity contribution in [3.05, 3.63) is 35.4 Å². The lowest BCUT2D eigenvalue weighted by atomic mass is 10.1. The van der Waals surface area contributed by atoms with E-state index in [1.807, 2.05) is 31.2 Å². The first-order valence-corrected chi connectivity index (χ1v) is 3.03. The molecule has 0 heteroatoms. The summed E-state index contributed by atoms with van der Waals surface area (Å²) in [5.41, 5.74) is 1.96. The van der Waals surface area contributed by atoms with Gasteiger partial charge in [-0.2, -0.15) is 0 Å². The number of aryl methyl sites for hydroxylation is 2. The lowest BCUT2D eigenvalue weighted by Gasteiger charge is -1.98. The average molecular weight is 123 g/mol. The minimum absolute atomic E-state index is 0.166. The zero-order valence-electron chi connectivity index (χ0n) is 8.52. The highest BCUT2D eigenvalue weighted by Crippen LogP contribution is 2.06. The van der Waals surface area contributed by atoms with Crippen LogP contribution in [0.25, 0.3) is 0 Å².